The number of hydrazine groups is 2. The summed E-state index contributed by atoms with van der Waals surface area (Å²) in [5.41, 5.74) is 16.7. The molecule has 0 aliphatic carbocycles. The first kappa shape index (κ1) is 21.7. The van der Waals surface area contributed by atoms with Crippen molar-refractivity contribution in [1.29, 1.82) is 0 Å². The van der Waals surface area contributed by atoms with Crippen LogP contribution in [0.4, 0.5) is 5.69 Å². The third-order valence-electron chi connectivity index (χ3n) is 6.40. The molecule has 33 heavy (non-hydrogen) atoms. The summed E-state index contributed by atoms with van der Waals surface area (Å²) in [6.07, 6.45) is 4.99. The Balaban J connectivity index is 1.53. The molecule has 0 bridgehead atoms. The lowest BCUT2D eigenvalue weighted by Crippen LogP contribution is -2.50. The number of aromatic nitrogens is 2. The summed E-state index contributed by atoms with van der Waals surface area (Å²) < 4.78 is 1.86. The molecule has 3 aromatic rings. The fourth-order valence-electron chi connectivity index (χ4n) is 4.83. The number of benzene rings is 2. The number of fused-ring (bicyclic) bond motifs is 3. The Kier molecular flexibility index (Phi) is 5.93. The van der Waals surface area contributed by atoms with E-state index in [1.807, 2.05) is 17.9 Å². The molecule has 0 spiro atoms. The van der Waals surface area contributed by atoms with Crippen molar-refractivity contribution in [1.82, 2.24) is 30.6 Å². The predicted molar refractivity (Wildman–Crippen MR) is 134 cm³/mol. The van der Waals surface area contributed by atoms with Crippen LogP contribution in [-0.4, -0.2) is 46.9 Å². The Morgan fingerprint density at radius 3 is 2.67 bits per heavy atom. The van der Waals surface area contributed by atoms with E-state index >= 15 is 0 Å². The van der Waals surface area contributed by atoms with Gasteiger partial charge in [0, 0.05) is 49.7 Å². The van der Waals surface area contributed by atoms with Crippen LogP contribution in [-0.2, 0) is 13.6 Å². The van der Waals surface area contributed by atoms with Crippen LogP contribution in [0.25, 0.3) is 16.8 Å². The molecular weight excluding hydrogens is 410 g/mol. The fraction of sp³-hybridized carbons (Fsp3) is 0.346. The first-order valence-electron chi connectivity index (χ1n) is 11.6. The molecule has 0 amide bonds. The molecule has 0 saturated heterocycles. The number of nitrogens with zero attached hydrogens (tertiary/aromatic N) is 4. The molecule has 3 N–H and O–H groups in total. The summed E-state index contributed by atoms with van der Waals surface area (Å²) in [6, 6.07) is 15.9. The number of nitrogens with one attached hydrogen (secondary N) is 3. The zero-order valence-electron chi connectivity index (χ0n) is 19.9. The SMILES string of the molecule is CC1=C2c3ccc(-c4cnn(C)c4)cc3C(Nc3ccc(CN(C)C)cc3)CCN2NNC1. The summed E-state index contributed by atoms with van der Waals surface area (Å²) in [6.45, 7) is 4.91. The van der Waals surface area contributed by atoms with Gasteiger partial charge < -0.3 is 10.2 Å². The minimum absolute atomic E-state index is 0.198. The molecule has 0 saturated carbocycles. The van der Waals surface area contributed by atoms with Gasteiger partial charge in [-0.15, -0.1) is 0 Å². The van der Waals surface area contributed by atoms with Gasteiger partial charge in [0.15, 0.2) is 0 Å². The van der Waals surface area contributed by atoms with Crippen molar-refractivity contribution in [2.45, 2.75) is 25.9 Å². The zero-order chi connectivity index (χ0) is 22.9. The Hall–Kier alpha value is -3.13. The average Bonchev–Trinajstić information content (AvgIpc) is 3.16. The second-order valence-corrected chi connectivity index (χ2v) is 9.37. The van der Waals surface area contributed by atoms with E-state index in [0.29, 0.717) is 0 Å². The quantitative estimate of drug-likeness (QED) is 0.558. The van der Waals surface area contributed by atoms with E-state index in [0.717, 1.165) is 37.3 Å². The highest BCUT2D eigenvalue weighted by atomic mass is 15.7. The molecule has 1 atom stereocenters. The second-order valence-electron chi connectivity index (χ2n) is 9.37. The Bertz CT molecular complexity index is 1160. The van der Waals surface area contributed by atoms with Gasteiger partial charge in [-0.25, -0.2) is 5.43 Å². The highest BCUT2D eigenvalue weighted by molar-refractivity contribution is 5.75. The van der Waals surface area contributed by atoms with E-state index in [-0.39, 0.29) is 6.04 Å². The Morgan fingerprint density at radius 2 is 1.94 bits per heavy atom. The Labute approximate surface area is 196 Å². The molecule has 5 rings (SSSR count). The van der Waals surface area contributed by atoms with Crippen LogP contribution in [0, 0.1) is 0 Å². The van der Waals surface area contributed by atoms with Gasteiger partial charge in [-0.05, 0) is 67.9 Å². The van der Waals surface area contributed by atoms with Crippen molar-refractivity contribution in [3.8, 4) is 11.1 Å². The summed E-state index contributed by atoms with van der Waals surface area (Å²) >= 11 is 0. The van der Waals surface area contributed by atoms with Crippen molar-refractivity contribution < 1.29 is 0 Å². The van der Waals surface area contributed by atoms with E-state index in [2.05, 4.69) is 101 Å². The molecule has 7 nitrogen and oxygen atoms in total. The molecule has 2 aliphatic rings. The molecule has 7 heteroatoms. The first-order valence-corrected chi connectivity index (χ1v) is 11.6. The van der Waals surface area contributed by atoms with Crippen LogP contribution >= 0.6 is 0 Å². The Morgan fingerprint density at radius 1 is 1.12 bits per heavy atom. The topological polar surface area (TPSA) is 60.4 Å². The maximum atomic E-state index is 4.38. The van der Waals surface area contributed by atoms with Crippen LogP contribution < -0.4 is 16.3 Å². The smallest absolute Gasteiger partial charge is 0.0611 e. The number of rotatable bonds is 5. The first-order chi connectivity index (χ1) is 16.0. The molecule has 1 aromatic heterocycles. The van der Waals surface area contributed by atoms with E-state index in [4.69, 9.17) is 0 Å². The summed E-state index contributed by atoms with van der Waals surface area (Å²) in [5.74, 6) is 0. The molecule has 0 radical (unpaired) electrons. The van der Waals surface area contributed by atoms with Crippen molar-refractivity contribution in [2.24, 2.45) is 7.05 Å². The lowest BCUT2D eigenvalue weighted by molar-refractivity contribution is 0.226. The highest BCUT2D eigenvalue weighted by Gasteiger charge is 2.29. The minimum Gasteiger partial charge on any atom is -0.378 e. The van der Waals surface area contributed by atoms with Crippen LogP contribution in [0.15, 0.2) is 60.4 Å². The molecule has 3 heterocycles. The average molecular weight is 444 g/mol. The lowest BCUT2D eigenvalue weighted by atomic mass is 9.92. The lowest BCUT2D eigenvalue weighted by Gasteiger charge is -2.33. The van der Waals surface area contributed by atoms with Gasteiger partial charge in [-0.2, -0.15) is 10.6 Å². The third kappa shape index (κ3) is 4.53. The minimum atomic E-state index is 0.198. The van der Waals surface area contributed by atoms with Crippen LogP contribution in [0.2, 0.25) is 0 Å². The molecule has 172 valence electrons. The largest absolute Gasteiger partial charge is 0.378 e. The monoisotopic (exact) mass is 443 g/mol. The third-order valence-corrected chi connectivity index (χ3v) is 6.40. The van der Waals surface area contributed by atoms with Crippen molar-refractivity contribution in [3.63, 3.8) is 0 Å². The summed E-state index contributed by atoms with van der Waals surface area (Å²) in [5, 5.41) is 10.5. The number of hydrogen-bond donors (Lipinski definition) is 3. The maximum absolute atomic E-state index is 4.38. The standard InChI is InChI=1S/C26H33N7/c1-18-14-27-30-33-12-11-25(29-22-8-5-19(6-9-22)16-31(2)3)24-13-20(7-10-23(24)26(18)33)21-15-28-32(4)17-21/h5-10,13,15,17,25,27,29-30H,11-12,14,16H2,1-4H3. The van der Waals surface area contributed by atoms with Crippen LogP contribution in [0.1, 0.15) is 36.1 Å². The molecule has 0 fully saturated rings. The van der Waals surface area contributed by atoms with Crippen molar-refractivity contribution in [2.75, 3.05) is 32.5 Å². The predicted octanol–water partition coefficient (Wildman–Crippen LogP) is 3.76. The van der Waals surface area contributed by atoms with Crippen molar-refractivity contribution in [3.05, 3.63) is 77.1 Å². The molecule has 1 unspecified atom stereocenters. The van der Waals surface area contributed by atoms with Crippen LogP contribution in [0.5, 0.6) is 0 Å². The van der Waals surface area contributed by atoms with Gasteiger partial charge >= 0.3 is 0 Å². The summed E-state index contributed by atoms with van der Waals surface area (Å²) in [7, 11) is 6.16. The van der Waals surface area contributed by atoms with Crippen molar-refractivity contribution >= 4 is 11.4 Å². The maximum Gasteiger partial charge on any atom is 0.0611 e. The molecular formula is C26H33N7. The number of hydrogen-bond acceptors (Lipinski definition) is 6. The van der Waals surface area contributed by atoms with E-state index in [9.17, 15) is 0 Å². The van der Waals surface area contributed by atoms with Crippen LogP contribution in [0.3, 0.4) is 0 Å². The second kappa shape index (κ2) is 9.02. The van der Waals surface area contributed by atoms with E-state index in [1.54, 1.807) is 0 Å². The highest BCUT2D eigenvalue weighted by Crippen LogP contribution is 2.38. The van der Waals surface area contributed by atoms with E-state index in [1.165, 1.54) is 33.5 Å². The molecule has 2 aromatic carbocycles. The van der Waals surface area contributed by atoms with Gasteiger partial charge in [0.1, 0.15) is 0 Å². The number of aryl methyl sites for hydroxylation is 1. The van der Waals surface area contributed by atoms with E-state index < -0.39 is 0 Å². The van der Waals surface area contributed by atoms with Gasteiger partial charge in [0.05, 0.1) is 17.9 Å². The normalized spacial score (nSPS) is 18.2. The molecule has 2 aliphatic heterocycles. The van der Waals surface area contributed by atoms with Gasteiger partial charge in [-0.3, -0.25) is 9.69 Å². The number of anilines is 1. The van der Waals surface area contributed by atoms with Gasteiger partial charge in [-0.1, -0.05) is 24.3 Å². The van der Waals surface area contributed by atoms with Gasteiger partial charge in [0.2, 0.25) is 0 Å². The fourth-order valence-corrected chi connectivity index (χ4v) is 4.83. The van der Waals surface area contributed by atoms with Gasteiger partial charge in [0.25, 0.3) is 0 Å². The summed E-state index contributed by atoms with van der Waals surface area (Å²) in [4.78, 5) is 2.19. The zero-order valence-corrected chi connectivity index (χ0v) is 19.9.